The first-order chi connectivity index (χ1) is 11.0. The summed E-state index contributed by atoms with van der Waals surface area (Å²) in [6.07, 6.45) is 0. The maximum absolute atomic E-state index is 12.3. The van der Waals surface area contributed by atoms with Crippen LogP contribution in [0.3, 0.4) is 0 Å². The van der Waals surface area contributed by atoms with Gasteiger partial charge in [0.25, 0.3) is 5.91 Å². The van der Waals surface area contributed by atoms with E-state index in [2.05, 4.69) is 21.2 Å². The summed E-state index contributed by atoms with van der Waals surface area (Å²) in [5, 5.41) is 3.52. The van der Waals surface area contributed by atoms with E-state index in [9.17, 15) is 9.59 Å². The fraction of sp³-hybridized carbons (Fsp3) is 0.375. The van der Waals surface area contributed by atoms with Crippen molar-refractivity contribution < 1.29 is 18.7 Å². The maximum atomic E-state index is 12.3. The molecule has 1 unspecified atom stereocenters. The second-order valence-corrected chi connectivity index (χ2v) is 6.34. The van der Waals surface area contributed by atoms with Crippen LogP contribution in [-0.4, -0.2) is 49.1 Å². The Balaban J connectivity index is 1.68. The van der Waals surface area contributed by atoms with Gasteiger partial charge in [-0.3, -0.25) is 9.59 Å². The minimum Gasteiger partial charge on any atom is -0.451 e. The second kappa shape index (κ2) is 6.72. The zero-order valence-corrected chi connectivity index (χ0v) is 14.3. The summed E-state index contributed by atoms with van der Waals surface area (Å²) in [5.41, 5.74) is 0.630. The van der Waals surface area contributed by atoms with Gasteiger partial charge in [-0.2, -0.15) is 0 Å². The third kappa shape index (κ3) is 3.56. The van der Waals surface area contributed by atoms with E-state index in [4.69, 9.17) is 9.15 Å². The van der Waals surface area contributed by atoms with Crippen LogP contribution in [-0.2, 0) is 9.53 Å². The number of morpholine rings is 1. The lowest BCUT2D eigenvalue weighted by atomic mass is 10.2. The van der Waals surface area contributed by atoms with Crippen molar-refractivity contribution in [3.8, 4) is 0 Å². The molecule has 122 valence electrons. The lowest BCUT2D eigenvalue weighted by Crippen LogP contribution is -2.50. The molecule has 1 aliphatic heterocycles. The van der Waals surface area contributed by atoms with Crippen LogP contribution >= 0.6 is 15.9 Å². The highest BCUT2D eigenvalue weighted by atomic mass is 79.9. The smallest absolute Gasteiger partial charge is 0.287 e. The predicted octanol–water partition coefficient (Wildman–Crippen LogP) is 2.17. The van der Waals surface area contributed by atoms with Crippen LogP contribution in [0.5, 0.6) is 0 Å². The van der Waals surface area contributed by atoms with E-state index in [1.54, 1.807) is 24.0 Å². The van der Waals surface area contributed by atoms with E-state index in [0.717, 1.165) is 9.86 Å². The molecule has 1 saturated heterocycles. The van der Waals surface area contributed by atoms with E-state index < -0.39 is 11.9 Å². The average Bonchev–Trinajstić information content (AvgIpc) is 2.98. The predicted molar refractivity (Wildman–Crippen MR) is 88.2 cm³/mol. The summed E-state index contributed by atoms with van der Waals surface area (Å²) in [4.78, 5) is 26.3. The van der Waals surface area contributed by atoms with Crippen molar-refractivity contribution in [3.05, 3.63) is 34.5 Å². The van der Waals surface area contributed by atoms with E-state index in [0.29, 0.717) is 31.9 Å². The molecular formula is C16H17BrN2O4. The summed E-state index contributed by atoms with van der Waals surface area (Å²) in [6.45, 7) is 3.85. The second-order valence-electron chi connectivity index (χ2n) is 5.43. The number of carbonyl (C=O) groups excluding carboxylic acids is 2. The number of rotatable bonds is 3. The van der Waals surface area contributed by atoms with Gasteiger partial charge in [-0.05, 0) is 31.2 Å². The minimum absolute atomic E-state index is 0.111. The fourth-order valence-electron chi connectivity index (χ4n) is 2.51. The van der Waals surface area contributed by atoms with Crippen LogP contribution in [0.2, 0.25) is 0 Å². The first kappa shape index (κ1) is 16.0. The van der Waals surface area contributed by atoms with Crippen molar-refractivity contribution in [1.82, 2.24) is 10.2 Å². The summed E-state index contributed by atoms with van der Waals surface area (Å²) < 4.78 is 11.7. The number of amides is 2. The van der Waals surface area contributed by atoms with Gasteiger partial charge in [0.1, 0.15) is 11.6 Å². The molecule has 0 bridgehead atoms. The highest BCUT2D eigenvalue weighted by molar-refractivity contribution is 9.10. The van der Waals surface area contributed by atoms with Crippen molar-refractivity contribution in [3.63, 3.8) is 0 Å². The Labute approximate surface area is 141 Å². The van der Waals surface area contributed by atoms with Gasteiger partial charge < -0.3 is 19.4 Å². The molecule has 2 heterocycles. The molecule has 6 nitrogen and oxygen atoms in total. The van der Waals surface area contributed by atoms with Crippen molar-refractivity contribution in [2.24, 2.45) is 0 Å². The van der Waals surface area contributed by atoms with Crippen LogP contribution in [0.25, 0.3) is 11.0 Å². The maximum Gasteiger partial charge on any atom is 0.287 e. The molecule has 0 spiro atoms. The summed E-state index contributed by atoms with van der Waals surface area (Å²) in [5.74, 6) is -0.313. The van der Waals surface area contributed by atoms with Gasteiger partial charge in [-0.1, -0.05) is 15.9 Å². The highest BCUT2D eigenvalue weighted by Gasteiger charge is 2.25. The zero-order chi connectivity index (χ0) is 16.4. The standard InChI is InChI=1S/C16H17BrN2O4/c1-10(16(21)19-4-6-22-7-5-19)18-15(20)14-9-11-8-12(17)2-3-13(11)23-14/h2-3,8-10H,4-7H2,1H3,(H,18,20). The van der Waals surface area contributed by atoms with Gasteiger partial charge in [0, 0.05) is 22.9 Å². The number of hydrogen-bond acceptors (Lipinski definition) is 4. The van der Waals surface area contributed by atoms with Crippen LogP contribution in [0, 0.1) is 0 Å². The lowest BCUT2D eigenvalue weighted by Gasteiger charge is -2.29. The molecule has 1 aromatic carbocycles. The zero-order valence-electron chi connectivity index (χ0n) is 12.7. The average molecular weight is 381 g/mol. The molecule has 2 amide bonds. The molecule has 0 saturated carbocycles. The number of nitrogens with zero attached hydrogens (tertiary/aromatic N) is 1. The Morgan fingerprint density at radius 1 is 1.26 bits per heavy atom. The minimum atomic E-state index is -0.611. The summed E-state index contributed by atoms with van der Waals surface area (Å²) in [6, 6.07) is 6.57. The number of carbonyl (C=O) groups is 2. The van der Waals surface area contributed by atoms with Crippen LogP contribution < -0.4 is 5.32 Å². The number of ether oxygens (including phenoxy) is 1. The van der Waals surface area contributed by atoms with Crippen LogP contribution in [0.15, 0.2) is 33.2 Å². The third-order valence-corrected chi connectivity index (χ3v) is 4.24. The van der Waals surface area contributed by atoms with Gasteiger partial charge >= 0.3 is 0 Å². The molecule has 3 rings (SSSR count). The Morgan fingerprint density at radius 2 is 2.00 bits per heavy atom. The van der Waals surface area contributed by atoms with E-state index in [1.165, 1.54) is 0 Å². The monoisotopic (exact) mass is 380 g/mol. The van der Waals surface area contributed by atoms with Crippen molar-refractivity contribution in [1.29, 1.82) is 0 Å². The Hall–Kier alpha value is -1.86. The van der Waals surface area contributed by atoms with Gasteiger partial charge in [-0.25, -0.2) is 0 Å². The fourth-order valence-corrected chi connectivity index (χ4v) is 2.89. The van der Waals surface area contributed by atoms with Crippen molar-refractivity contribution >= 4 is 38.7 Å². The Kier molecular flexibility index (Phi) is 4.68. The number of hydrogen-bond donors (Lipinski definition) is 1. The van der Waals surface area contributed by atoms with E-state index >= 15 is 0 Å². The van der Waals surface area contributed by atoms with Crippen LogP contribution in [0.1, 0.15) is 17.5 Å². The summed E-state index contributed by atoms with van der Waals surface area (Å²) >= 11 is 3.38. The SMILES string of the molecule is CC(NC(=O)c1cc2cc(Br)ccc2o1)C(=O)N1CCOCC1. The molecule has 23 heavy (non-hydrogen) atoms. The molecule has 1 atom stereocenters. The van der Waals surface area contributed by atoms with Crippen molar-refractivity contribution in [2.75, 3.05) is 26.3 Å². The van der Waals surface area contributed by atoms with Crippen molar-refractivity contribution in [2.45, 2.75) is 13.0 Å². The quantitative estimate of drug-likeness (QED) is 0.885. The largest absolute Gasteiger partial charge is 0.451 e. The first-order valence-corrected chi connectivity index (χ1v) is 8.20. The molecule has 0 aliphatic carbocycles. The molecule has 1 N–H and O–H groups in total. The molecule has 1 aliphatic rings. The normalized spacial score (nSPS) is 16.3. The van der Waals surface area contributed by atoms with E-state index in [1.807, 2.05) is 12.1 Å². The van der Waals surface area contributed by atoms with Crippen LogP contribution in [0.4, 0.5) is 0 Å². The Morgan fingerprint density at radius 3 is 2.74 bits per heavy atom. The van der Waals surface area contributed by atoms with Gasteiger partial charge in [0.05, 0.1) is 13.2 Å². The number of halogens is 1. The molecule has 1 fully saturated rings. The van der Waals surface area contributed by atoms with Gasteiger partial charge in [0.15, 0.2) is 5.76 Å². The number of benzene rings is 1. The topological polar surface area (TPSA) is 71.8 Å². The highest BCUT2D eigenvalue weighted by Crippen LogP contribution is 2.23. The van der Waals surface area contributed by atoms with Gasteiger partial charge in [0.2, 0.25) is 5.91 Å². The van der Waals surface area contributed by atoms with Gasteiger partial charge in [-0.15, -0.1) is 0 Å². The van der Waals surface area contributed by atoms with E-state index in [-0.39, 0.29) is 11.7 Å². The number of fused-ring (bicyclic) bond motifs is 1. The molecule has 2 aromatic rings. The molecule has 1 aromatic heterocycles. The lowest BCUT2D eigenvalue weighted by molar-refractivity contribution is -0.136. The molecular weight excluding hydrogens is 364 g/mol. The number of nitrogens with one attached hydrogen (secondary N) is 1. The number of furan rings is 1. The first-order valence-electron chi connectivity index (χ1n) is 7.41. The third-order valence-electron chi connectivity index (χ3n) is 3.74. The molecule has 7 heteroatoms. The Bertz CT molecular complexity index is 737. The molecule has 0 radical (unpaired) electrons. The summed E-state index contributed by atoms with van der Waals surface area (Å²) in [7, 11) is 0.